The Bertz CT molecular complexity index is 2410. The largest absolute Gasteiger partial charge is 0.405 e. The summed E-state index contributed by atoms with van der Waals surface area (Å²) in [5.41, 5.74) is 4.80. The summed E-state index contributed by atoms with van der Waals surface area (Å²) < 4.78 is 40.3. The molecule has 0 spiro atoms. The number of hydrogen-bond acceptors (Lipinski definition) is 13. The molecule has 5 atom stereocenters. The fourth-order valence-electron chi connectivity index (χ4n) is 7.18. The number of fused-ring (bicyclic) bond motifs is 1. The van der Waals surface area contributed by atoms with E-state index in [-0.39, 0.29) is 47.7 Å². The molecular weight excluding hydrogens is 820 g/mol. The van der Waals surface area contributed by atoms with Crippen LogP contribution in [0.1, 0.15) is 49.3 Å². The van der Waals surface area contributed by atoms with Gasteiger partial charge in [-0.25, -0.2) is 14.6 Å². The summed E-state index contributed by atoms with van der Waals surface area (Å²) in [7, 11) is -4.14. The van der Waals surface area contributed by atoms with Crippen molar-refractivity contribution in [3.05, 3.63) is 160 Å². The first kappa shape index (κ1) is 44.1. The van der Waals surface area contributed by atoms with Crippen LogP contribution in [0.25, 0.3) is 11.2 Å². The molecule has 1 aliphatic rings. The summed E-state index contributed by atoms with van der Waals surface area (Å²) in [6, 6.07) is 39.0. The number of nitrogens with one attached hydrogen (secondary N) is 2. The number of benzene rings is 4. The average Bonchev–Trinajstić information content (AvgIpc) is 3.79. The Morgan fingerprint density at radius 3 is 2.08 bits per heavy atom. The number of hydrogen-bond donors (Lipinski definition) is 5. The van der Waals surface area contributed by atoms with Crippen LogP contribution >= 0.6 is 19.5 Å². The number of aliphatic hydroxyl groups excluding tert-OH is 1. The van der Waals surface area contributed by atoms with Crippen LogP contribution in [0.4, 0.5) is 5.95 Å². The molecule has 320 valence electrons. The molecule has 15 nitrogen and oxygen atoms in total. The first-order valence-electron chi connectivity index (χ1n) is 19.7. The molecule has 17 heteroatoms. The number of carbonyl (C=O) groups excluding carboxylic acids is 1. The van der Waals surface area contributed by atoms with E-state index in [0.717, 1.165) is 34.0 Å². The Hall–Kier alpha value is -5.00. The van der Waals surface area contributed by atoms with Crippen LogP contribution in [-0.4, -0.2) is 78.2 Å². The van der Waals surface area contributed by atoms with Gasteiger partial charge in [0.2, 0.25) is 5.95 Å². The van der Waals surface area contributed by atoms with Crippen LogP contribution in [0.15, 0.2) is 132 Å². The van der Waals surface area contributed by atoms with Gasteiger partial charge in [-0.3, -0.25) is 28.2 Å². The third-order valence-corrected chi connectivity index (χ3v) is 13.2. The molecule has 0 bridgehead atoms. The van der Waals surface area contributed by atoms with E-state index in [9.17, 15) is 24.4 Å². The van der Waals surface area contributed by atoms with Gasteiger partial charge in [-0.05, 0) is 43.0 Å². The van der Waals surface area contributed by atoms with E-state index >= 15 is 0 Å². The Kier molecular flexibility index (Phi) is 13.4. The number of nitrogen functional groups attached to an aromatic ring is 1. The Morgan fingerprint density at radius 1 is 0.951 bits per heavy atom. The van der Waals surface area contributed by atoms with Gasteiger partial charge in [0, 0.05) is 12.3 Å². The second kappa shape index (κ2) is 18.5. The lowest BCUT2D eigenvalue weighted by molar-refractivity contribution is -0.124. The van der Waals surface area contributed by atoms with Crippen molar-refractivity contribution in [2.75, 3.05) is 31.3 Å². The lowest BCUT2D eigenvalue weighted by atomic mass is 9.79. The zero-order chi connectivity index (χ0) is 43.3. The Balaban J connectivity index is 1.02. The fourth-order valence-corrected chi connectivity index (χ4v) is 9.41. The maximum atomic E-state index is 14.3. The van der Waals surface area contributed by atoms with E-state index in [1.165, 1.54) is 17.8 Å². The van der Waals surface area contributed by atoms with Gasteiger partial charge < -0.3 is 25.4 Å². The minimum Gasteiger partial charge on any atom is -0.387 e. The van der Waals surface area contributed by atoms with E-state index in [4.69, 9.17) is 24.3 Å². The number of rotatable bonds is 18. The van der Waals surface area contributed by atoms with Crippen molar-refractivity contribution in [2.24, 2.45) is 5.41 Å². The van der Waals surface area contributed by atoms with Crippen molar-refractivity contribution >= 4 is 41.7 Å². The van der Waals surface area contributed by atoms with Gasteiger partial charge in [0.05, 0.1) is 31.6 Å². The van der Waals surface area contributed by atoms with E-state index in [0.29, 0.717) is 0 Å². The molecular formula is C44H49N6O9PS. The quantitative estimate of drug-likeness (QED) is 0.0385. The number of imidazole rings is 1. The normalized spacial score (nSPS) is 20.4. The molecule has 4 aromatic carbocycles. The van der Waals surface area contributed by atoms with Crippen LogP contribution in [0, 0.1) is 5.41 Å². The molecule has 0 radical (unpaired) electrons. The highest BCUT2D eigenvalue weighted by atomic mass is 32.2. The molecule has 6 N–H and O–H groups in total. The summed E-state index contributed by atoms with van der Waals surface area (Å²) in [4.78, 5) is 36.8. The summed E-state index contributed by atoms with van der Waals surface area (Å²) in [5, 5.41) is 25.3. The second-order valence-corrected chi connectivity index (χ2v) is 18.4. The SMILES string of the molecule is CC(C)(COC(c1ccccc1)(c1ccccc1)c1ccccc1)C(=O)SCCOP(=O)(NCc1ccccc1)OC[C@H]1O[C@@H](n2cnc3c(=O)[nH]c(N)nc32)C(C)(O)[C@H]1O. The number of nitrogens with two attached hydrogens (primary N) is 1. The van der Waals surface area contributed by atoms with Gasteiger partial charge in [-0.2, -0.15) is 4.98 Å². The van der Waals surface area contributed by atoms with Crippen LogP contribution in [0.3, 0.4) is 0 Å². The molecule has 3 heterocycles. The first-order chi connectivity index (χ1) is 29.2. The molecule has 0 aliphatic carbocycles. The highest BCUT2D eigenvalue weighted by molar-refractivity contribution is 8.13. The van der Waals surface area contributed by atoms with Gasteiger partial charge in [-0.1, -0.05) is 133 Å². The van der Waals surface area contributed by atoms with Crippen molar-refractivity contribution < 1.29 is 38.1 Å². The monoisotopic (exact) mass is 868 g/mol. The molecule has 7 rings (SSSR count). The van der Waals surface area contributed by atoms with Crippen LogP contribution < -0.4 is 16.4 Å². The third-order valence-electron chi connectivity index (χ3n) is 10.5. The standard InChI is InChI=1S/C44H49N6O9PS/c1-42(2,28-56-44(31-18-10-5-11-19-31,32-20-12-6-13-21-32)33-22-14-7-15-23-33)40(53)61-25-24-57-60(55,47-26-30-16-8-4-9-17-30)58-27-34-36(51)43(3,54)39(59-34)50-29-46-35-37(50)48-41(45)49-38(35)52/h4-23,29,34,36,39,51,54H,24-28H2,1-3H3,(H,47,55)(H3,45,48,49,52)/t34-,36+,39-,43?,60?/m1/s1. The van der Waals surface area contributed by atoms with Gasteiger partial charge >= 0.3 is 7.75 Å². The summed E-state index contributed by atoms with van der Waals surface area (Å²) >= 11 is 1.03. The zero-order valence-corrected chi connectivity index (χ0v) is 35.6. The molecule has 6 aromatic rings. The number of aliphatic hydroxyl groups is 2. The number of anilines is 1. The minimum atomic E-state index is -4.14. The average molecular weight is 869 g/mol. The third kappa shape index (κ3) is 9.58. The van der Waals surface area contributed by atoms with Gasteiger partial charge in [0.25, 0.3) is 5.56 Å². The van der Waals surface area contributed by atoms with Crippen molar-refractivity contribution in [3.63, 3.8) is 0 Å². The van der Waals surface area contributed by atoms with Gasteiger partial charge in [0.1, 0.15) is 23.4 Å². The lowest BCUT2D eigenvalue weighted by Crippen LogP contribution is -2.44. The number of aromatic amines is 1. The number of thioether (sulfide) groups is 1. The molecule has 0 saturated carbocycles. The Labute approximate surface area is 357 Å². The smallest absolute Gasteiger partial charge is 0.387 e. The molecule has 1 saturated heterocycles. The highest BCUT2D eigenvalue weighted by Gasteiger charge is 2.54. The van der Waals surface area contributed by atoms with E-state index < -0.39 is 55.0 Å². The van der Waals surface area contributed by atoms with E-state index in [1.54, 1.807) is 0 Å². The lowest BCUT2D eigenvalue weighted by Gasteiger charge is -2.38. The maximum Gasteiger partial charge on any atom is 0.405 e. The van der Waals surface area contributed by atoms with Gasteiger partial charge in [-0.15, -0.1) is 0 Å². The van der Waals surface area contributed by atoms with Crippen molar-refractivity contribution in [3.8, 4) is 0 Å². The number of H-pyrrole nitrogens is 1. The summed E-state index contributed by atoms with van der Waals surface area (Å²) in [6.07, 6.45) is -2.78. The molecule has 1 aliphatic heterocycles. The minimum absolute atomic E-state index is 0.0310. The molecule has 1 fully saturated rings. The van der Waals surface area contributed by atoms with E-state index in [2.05, 4.69) is 20.0 Å². The van der Waals surface area contributed by atoms with Crippen molar-refractivity contribution in [2.45, 2.75) is 57.0 Å². The number of ether oxygens (including phenoxy) is 2. The topological polar surface area (TPSA) is 213 Å². The van der Waals surface area contributed by atoms with Crippen molar-refractivity contribution in [1.29, 1.82) is 0 Å². The molecule has 2 unspecified atom stereocenters. The number of aromatic nitrogens is 4. The summed E-state index contributed by atoms with van der Waals surface area (Å²) in [5.74, 6) is -0.0422. The summed E-state index contributed by atoms with van der Waals surface area (Å²) in [6.45, 7) is 4.56. The second-order valence-electron chi connectivity index (χ2n) is 15.5. The first-order valence-corrected chi connectivity index (χ1v) is 22.2. The van der Waals surface area contributed by atoms with Crippen LogP contribution in [0.5, 0.6) is 0 Å². The molecule has 61 heavy (non-hydrogen) atoms. The predicted octanol–water partition coefficient (Wildman–Crippen LogP) is 5.94. The highest BCUT2D eigenvalue weighted by Crippen LogP contribution is 2.47. The molecule has 0 amide bonds. The van der Waals surface area contributed by atoms with Crippen LogP contribution in [0.2, 0.25) is 0 Å². The Morgan fingerprint density at radius 2 is 1.51 bits per heavy atom. The number of carbonyl (C=O) groups is 1. The van der Waals surface area contributed by atoms with Gasteiger partial charge in [0.15, 0.2) is 22.5 Å². The number of nitrogens with zero attached hydrogens (tertiary/aromatic N) is 3. The predicted molar refractivity (Wildman–Crippen MR) is 232 cm³/mol. The van der Waals surface area contributed by atoms with Crippen molar-refractivity contribution in [1.82, 2.24) is 24.6 Å². The van der Waals surface area contributed by atoms with Crippen LogP contribution in [-0.2, 0) is 40.0 Å². The fraction of sp³-hybridized carbons (Fsp3) is 0.318. The maximum absolute atomic E-state index is 14.3. The van der Waals surface area contributed by atoms with E-state index in [1.807, 2.05) is 135 Å². The zero-order valence-electron chi connectivity index (χ0n) is 33.9. The molecule has 2 aromatic heterocycles.